The van der Waals surface area contributed by atoms with Crippen molar-refractivity contribution in [2.24, 2.45) is 4.99 Å². The monoisotopic (exact) mass is 359 g/mol. The fraction of sp³-hybridized carbons (Fsp3) is 0.389. The number of aromatic nitrogens is 2. The third-order valence-corrected chi connectivity index (χ3v) is 4.15. The van der Waals surface area contributed by atoms with Crippen molar-refractivity contribution in [2.45, 2.75) is 39.7 Å². The fourth-order valence-corrected chi connectivity index (χ4v) is 2.77. The Bertz CT molecular complexity index is 958. The summed E-state index contributed by atoms with van der Waals surface area (Å²) in [5.74, 6) is 0.858. The van der Waals surface area contributed by atoms with Crippen LogP contribution in [-0.4, -0.2) is 27.2 Å². The molecule has 3 rings (SSSR count). The Morgan fingerprint density at radius 3 is 2.77 bits per heavy atom. The number of ether oxygens (including phenoxy) is 2. The predicted molar refractivity (Wildman–Crippen MR) is 96.9 cm³/mol. The van der Waals surface area contributed by atoms with Crippen LogP contribution in [0.3, 0.4) is 0 Å². The normalized spacial score (nSPS) is 13.2. The van der Waals surface area contributed by atoms with Gasteiger partial charge < -0.3 is 14.6 Å². The van der Waals surface area contributed by atoms with E-state index in [1.54, 1.807) is 18.2 Å². The second kappa shape index (κ2) is 7.47. The number of aliphatic imine (C=N–C) groups is 1. The highest BCUT2D eigenvalue weighted by Crippen LogP contribution is 2.35. The van der Waals surface area contributed by atoms with Crippen molar-refractivity contribution in [3.05, 3.63) is 44.6 Å². The van der Waals surface area contributed by atoms with Crippen LogP contribution in [-0.2, 0) is 6.54 Å². The van der Waals surface area contributed by atoms with Crippen molar-refractivity contribution < 1.29 is 14.6 Å². The second-order valence-electron chi connectivity index (χ2n) is 5.91. The van der Waals surface area contributed by atoms with E-state index in [1.165, 1.54) is 4.57 Å². The van der Waals surface area contributed by atoms with Gasteiger partial charge in [-0.25, -0.2) is 4.79 Å². The van der Waals surface area contributed by atoms with E-state index < -0.39 is 11.2 Å². The van der Waals surface area contributed by atoms with E-state index in [1.807, 2.05) is 13.8 Å². The summed E-state index contributed by atoms with van der Waals surface area (Å²) in [4.78, 5) is 31.1. The number of hydrogen-bond acceptors (Lipinski definition) is 6. The van der Waals surface area contributed by atoms with Gasteiger partial charge in [-0.15, -0.1) is 0 Å². The lowest BCUT2D eigenvalue weighted by Crippen LogP contribution is -2.34. The lowest BCUT2D eigenvalue weighted by atomic mass is 10.1. The van der Waals surface area contributed by atoms with Gasteiger partial charge in [0.05, 0.1) is 11.4 Å². The number of nitrogens with one attached hydrogen (secondary N) is 1. The molecule has 0 saturated heterocycles. The number of rotatable bonds is 6. The molecule has 1 aliphatic rings. The van der Waals surface area contributed by atoms with E-state index >= 15 is 0 Å². The van der Waals surface area contributed by atoms with Crippen LogP contribution in [0.4, 0.5) is 5.69 Å². The first-order valence-corrected chi connectivity index (χ1v) is 8.58. The first kappa shape index (κ1) is 17.8. The Kier molecular flexibility index (Phi) is 5.11. The van der Waals surface area contributed by atoms with E-state index in [9.17, 15) is 14.7 Å². The smallest absolute Gasteiger partial charge is 0.331 e. The lowest BCUT2D eigenvalue weighted by Gasteiger charge is -2.12. The van der Waals surface area contributed by atoms with E-state index in [2.05, 4.69) is 9.98 Å². The van der Waals surface area contributed by atoms with Gasteiger partial charge in [-0.2, -0.15) is 0 Å². The molecule has 0 amide bonds. The van der Waals surface area contributed by atoms with Crippen LogP contribution in [0.15, 0.2) is 32.8 Å². The minimum Gasteiger partial charge on any atom is -0.494 e. The SMILES string of the molecule is CCCCn1c(O)c(C(CC)=Nc2ccc3c(c2)OCO3)c(=O)[nH]c1=O. The van der Waals surface area contributed by atoms with Gasteiger partial charge in [0.1, 0.15) is 5.56 Å². The fourth-order valence-electron chi connectivity index (χ4n) is 2.77. The minimum absolute atomic E-state index is 0.0147. The van der Waals surface area contributed by atoms with Crippen molar-refractivity contribution in [3.63, 3.8) is 0 Å². The molecule has 26 heavy (non-hydrogen) atoms. The quantitative estimate of drug-likeness (QED) is 0.770. The topological polar surface area (TPSA) is 106 Å². The summed E-state index contributed by atoms with van der Waals surface area (Å²) in [6.07, 6.45) is 1.96. The Labute approximate surface area is 149 Å². The summed E-state index contributed by atoms with van der Waals surface area (Å²) in [5, 5.41) is 10.5. The third kappa shape index (κ3) is 3.35. The summed E-state index contributed by atoms with van der Waals surface area (Å²) in [6, 6.07) is 5.18. The second-order valence-corrected chi connectivity index (χ2v) is 5.91. The number of benzene rings is 1. The molecule has 0 atom stereocenters. The molecule has 138 valence electrons. The third-order valence-electron chi connectivity index (χ3n) is 4.15. The highest BCUT2D eigenvalue weighted by Gasteiger charge is 2.19. The van der Waals surface area contributed by atoms with Crippen LogP contribution in [0, 0.1) is 0 Å². The summed E-state index contributed by atoms with van der Waals surface area (Å²) in [6.45, 7) is 4.29. The van der Waals surface area contributed by atoms with E-state index in [0.717, 1.165) is 6.42 Å². The average molecular weight is 359 g/mol. The van der Waals surface area contributed by atoms with Crippen LogP contribution in [0.1, 0.15) is 38.7 Å². The molecule has 0 radical (unpaired) electrons. The molecule has 0 saturated carbocycles. The van der Waals surface area contributed by atoms with E-state index in [-0.39, 0.29) is 18.2 Å². The number of aromatic amines is 1. The molecule has 0 bridgehead atoms. The zero-order valence-electron chi connectivity index (χ0n) is 14.7. The van der Waals surface area contributed by atoms with Crippen molar-refractivity contribution in [2.75, 3.05) is 6.79 Å². The number of unbranched alkanes of at least 4 members (excludes halogenated alkanes) is 1. The minimum atomic E-state index is -0.651. The van der Waals surface area contributed by atoms with Crippen molar-refractivity contribution in [1.82, 2.24) is 9.55 Å². The summed E-state index contributed by atoms with van der Waals surface area (Å²) in [5.41, 5.74) is -0.310. The zero-order valence-corrected chi connectivity index (χ0v) is 14.7. The molecule has 2 heterocycles. The van der Waals surface area contributed by atoms with Gasteiger partial charge in [-0.1, -0.05) is 20.3 Å². The van der Waals surface area contributed by atoms with Gasteiger partial charge in [-0.3, -0.25) is 19.3 Å². The molecule has 1 aliphatic heterocycles. The number of fused-ring (bicyclic) bond motifs is 1. The van der Waals surface area contributed by atoms with Crippen LogP contribution >= 0.6 is 0 Å². The van der Waals surface area contributed by atoms with Crippen LogP contribution in [0.25, 0.3) is 0 Å². The van der Waals surface area contributed by atoms with E-state index in [4.69, 9.17) is 9.47 Å². The molecule has 0 aliphatic carbocycles. The lowest BCUT2D eigenvalue weighted by molar-refractivity contribution is 0.174. The Balaban J connectivity index is 2.07. The molecule has 0 fully saturated rings. The number of nitrogens with zero attached hydrogens (tertiary/aromatic N) is 2. The van der Waals surface area contributed by atoms with Crippen molar-refractivity contribution in [3.8, 4) is 17.4 Å². The van der Waals surface area contributed by atoms with Gasteiger partial charge in [0.25, 0.3) is 5.56 Å². The Morgan fingerprint density at radius 2 is 2.04 bits per heavy atom. The van der Waals surface area contributed by atoms with Crippen molar-refractivity contribution >= 4 is 11.4 Å². The molecule has 2 aromatic rings. The van der Waals surface area contributed by atoms with Crippen LogP contribution in [0.5, 0.6) is 17.4 Å². The molecular weight excluding hydrogens is 338 g/mol. The molecule has 0 unspecified atom stereocenters. The molecule has 0 spiro atoms. The zero-order chi connectivity index (χ0) is 18.7. The highest BCUT2D eigenvalue weighted by molar-refractivity contribution is 6.03. The van der Waals surface area contributed by atoms with Crippen molar-refractivity contribution in [1.29, 1.82) is 0 Å². The standard InChI is InChI=1S/C18H21N3O5/c1-3-5-8-21-17(23)15(16(22)20-18(21)24)12(4-2)19-11-6-7-13-14(9-11)26-10-25-13/h6-7,9,23H,3-5,8,10H2,1-2H3,(H,20,22,24). The summed E-state index contributed by atoms with van der Waals surface area (Å²) in [7, 11) is 0. The Morgan fingerprint density at radius 1 is 1.27 bits per heavy atom. The van der Waals surface area contributed by atoms with Crippen LogP contribution < -0.4 is 20.7 Å². The number of hydrogen-bond donors (Lipinski definition) is 2. The largest absolute Gasteiger partial charge is 0.494 e. The molecule has 2 N–H and O–H groups in total. The van der Waals surface area contributed by atoms with Gasteiger partial charge in [0, 0.05) is 12.6 Å². The molecule has 8 nitrogen and oxygen atoms in total. The maximum absolute atomic E-state index is 12.3. The van der Waals surface area contributed by atoms with Crippen LogP contribution in [0.2, 0.25) is 0 Å². The summed E-state index contributed by atoms with van der Waals surface area (Å²) < 4.78 is 11.8. The average Bonchev–Trinajstić information content (AvgIpc) is 3.08. The molecule has 1 aromatic heterocycles. The first-order valence-electron chi connectivity index (χ1n) is 8.58. The Hall–Kier alpha value is -3.03. The van der Waals surface area contributed by atoms with Gasteiger partial charge in [0.15, 0.2) is 11.5 Å². The highest BCUT2D eigenvalue weighted by atomic mass is 16.7. The molecule has 1 aromatic carbocycles. The van der Waals surface area contributed by atoms with Gasteiger partial charge >= 0.3 is 5.69 Å². The van der Waals surface area contributed by atoms with Gasteiger partial charge in [-0.05, 0) is 25.0 Å². The maximum atomic E-state index is 12.3. The van der Waals surface area contributed by atoms with E-state index in [0.29, 0.717) is 42.3 Å². The predicted octanol–water partition coefficient (Wildman–Crippen LogP) is 2.30. The number of H-pyrrole nitrogens is 1. The number of aromatic hydroxyl groups is 1. The summed E-state index contributed by atoms with van der Waals surface area (Å²) >= 11 is 0. The van der Waals surface area contributed by atoms with Gasteiger partial charge in [0.2, 0.25) is 12.7 Å². The maximum Gasteiger partial charge on any atom is 0.331 e. The molecule has 8 heteroatoms. The molecular formula is C18H21N3O5. The first-order chi connectivity index (χ1) is 12.5.